The predicted molar refractivity (Wildman–Crippen MR) is 224 cm³/mol. The standard InChI is InChI=1S/C47H59N3O8/c1-34(2)31-56-44(54)50(30-39(33-57-45(3,4)5)48-43(53)58-46(6,7)8)40(42(52)55-32-35-21-13-9-14-22-35)29-41(51)49-47(36-23-15-10-16-24-36,37-25-17-11-18-26-37)38-27-19-12-20-28-38/h9-28,34,39-40H,29-33H2,1-8H3,(H,48,53)(H,49,51)/t39-,40+/m1/s1. The molecule has 0 fully saturated rings. The van der Waals surface area contributed by atoms with Crippen LogP contribution in [0.5, 0.6) is 0 Å². The zero-order valence-corrected chi connectivity index (χ0v) is 35.0. The molecule has 58 heavy (non-hydrogen) atoms. The Labute approximate surface area is 343 Å². The van der Waals surface area contributed by atoms with Gasteiger partial charge in [-0.05, 0) is 69.7 Å². The van der Waals surface area contributed by atoms with Gasteiger partial charge in [0.05, 0.1) is 31.3 Å². The lowest BCUT2D eigenvalue weighted by molar-refractivity contribution is -0.153. The number of hydrogen-bond donors (Lipinski definition) is 2. The number of amides is 3. The molecule has 0 aliphatic carbocycles. The van der Waals surface area contributed by atoms with Gasteiger partial charge < -0.3 is 29.6 Å². The summed E-state index contributed by atoms with van der Waals surface area (Å²) in [6, 6.07) is 35.4. The minimum Gasteiger partial charge on any atom is -0.459 e. The third kappa shape index (κ3) is 13.8. The third-order valence-corrected chi connectivity index (χ3v) is 8.83. The van der Waals surface area contributed by atoms with Gasteiger partial charge in [0.25, 0.3) is 0 Å². The highest BCUT2D eigenvalue weighted by Crippen LogP contribution is 2.37. The quantitative estimate of drug-likeness (QED) is 0.0619. The highest BCUT2D eigenvalue weighted by molar-refractivity contribution is 5.89. The zero-order valence-electron chi connectivity index (χ0n) is 35.0. The maximum Gasteiger partial charge on any atom is 0.410 e. The van der Waals surface area contributed by atoms with E-state index in [4.69, 9.17) is 18.9 Å². The molecule has 0 aliphatic rings. The smallest absolute Gasteiger partial charge is 0.410 e. The van der Waals surface area contributed by atoms with Crippen molar-refractivity contribution in [3.8, 4) is 0 Å². The van der Waals surface area contributed by atoms with Gasteiger partial charge in [0.1, 0.15) is 23.8 Å². The second-order valence-electron chi connectivity index (χ2n) is 16.6. The van der Waals surface area contributed by atoms with Crippen LogP contribution >= 0.6 is 0 Å². The molecule has 0 heterocycles. The molecule has 3 amide bonds. The van der Waals surface area contributed by atoms with Gasteiger partial charge in [0.15, 0.2) is 0 Å². The number of rotatable bonds is 17. The summed E-state index contributed by atoms with van der Waals surface area (Å²) in [5.41, 5.74) is 0.394. The summed E-state index contributed by atoms with van der Waals surface area (Å²) in [5.74, 6) is -1.43. The number of nitrogens with zero attached hydrogens (tertiary/aromatic N) is 1. The van der Waals surface area contributed by atoms with Crippen LogP contribution in [0.1, 0.15) is 84.1 Å². The molecule has 0 radical (unpaired) electrons. The van der Waals surface area contributed by atoms with Crippen molar-refractivity contribution in [2.75, 3.05) is 19.8 Å². The molecular formula is C47H59N3O8. The second-order valence-corrected chi connectivity index (χ2v) is 16.6. The van der Waals surface area contributed by atoms with Crippen molar-refractivity contribution in [1.82, 2.24) is 15.5 Å². The summed E-state index contributed by atoms with van der Waals surface area (Å²) in [6.45, 7) is 14.1. The second kappa shape index (κ2) is 20.7. The minimum atomic E-state index is -1.50. The van der Waals surface area contributed by atoms with E-state index in [9.17, 15) is 19.2 Å². The lowest BCUT2D eigenvalue weighted by atomic mass is 9.77. The van der Waals surface area contributed by atoms with Crippen LogP contribution in [-0.4, -0.2) is 72.0 Å². The first kappa shape index (κ1) is 45.0. The fraction of sp³-hybridized carbons (Fsp3) is 0.404. The number of benzene rings is 4. The van der Waals surface area contributed by atoms with E-state index in [1.165, 1.54) is 0 Å². The van der Waals surface area contributed by atoms with E-state index in [2.05, 4.69) is 10.6 Å². The van der Waals surface area contributed by atoms with Gasteiger partial charge in [0.2, 0.25) is 5.91 Å². The molecule has 0 spiro atoms. The molecule has 0 saturated carbocycles. The number of alkyl carbamates (subject to hydrolysis) is 1. The highest BCUT2D eigenvalue weighted by Gasteiger charge is 2.41. The molecule has 4 rings (SSSR count). The average molecular weight is 794 g/mol. The van der Waals surface area contributed by atoms with Gasteiger partial charge in [-0.15, -0.1) is 0 Å². The van der Waals surface area contributed by atoms with Crippen LogP contribution in [0.15, 0.2) is 121 Å². The van der Waals surface area contributed by atoms with E-state index in [1.54, 1.807) is 20.8 Å². The summed E-state index contributed by atoms with van der Waals surface area (Å²) < 4.78 is 23.3. The minimum absolute atomic E-state index is 0.0368. The molecule has 2 atom stereocenters. The summed E-state index contributed by atoms with van der Waals surface area (Å²) in [4.78, 5) is 57.8. The summed E-state index contributed by atoms with van der Waals surface area (Å²) in [6.07, 6.45) is -2.13. The SMILES string of the molecule is CC(C)COC(=O)N(C[C@H](COC(C)(C)C)NC(=O)OC(C)(C)C)[C@@H](CC(=O)NC(c1ccccc1)(c1ccccc1)c1ccccc1)C(=O)OCc1ccccc1. The van der Waals surface area contributed by atoms with Crippen LogP contribution in [0.25, 0.3) is 0 Å². The van der Waals surface area contributed by atoms with E-state index >= 15 is 0 Å². The first-order chi connectivity index (χ1) is 27.5. The largest absolute Gasteiger partial charge is 0.459 e. The molecule has 4 aromatic rings. The van der Waals surface area contributed by atoms with Gasteiger partial charge in [-0.1, -0.05) is 135 Å². The van der Waals surface area contributed by atoms with Crippen LogP contribution < -0.4 is 10.6 Å². The Hall–Kier alpha value is -5.68. The lowest BCUT2D eigenvalue weighted by Gasteiger charge is -2.38. The molecule has 0 bridgehead atoms. The number of carbonyl (C=O) groups excluding carboxylic acids is 4. The number of esters is 1. The number of carbonyl (C=O) groups is 4. The topological polar surface area (TPSA) is 132 Å². The molecule has 2 N–H and O–H groups in total. The molecule has 0 unspecified atom stereocenters. The van der Waals surface area contributed by atoms with Crippen molar-refractivity contribution < 1.29 is 38.1 Å². The summed E-state index contributed by atoms with van der Waals surface area (Å²) in [7, 11) is 0. The fourth-order valence-electron chi connectivity index (χ4n) is 6.21. The van der Waals surface area contributed by atoms with Gasteiger partial charge in [-0.3, -0.25) is 9.69 Å². The van der Waals surface area contributed by atoms with E-state index in [1.807, 2.05) is 156 Å². The first-order valence-electron chi connectivity index (χ1n) is 19.7. The normalized spacial score (nSPS) is 12.8. The Bertz CT molecular complexity index is 1800. The first-order valence-corrected chi connectivity index (χ1v) is 19.7. The van der Waals surface area contributed by atoms with E-state index in [-0.39, 0.29) is 32.3 Å². The average Bonchev–Trinajstić information content (AvgIpc) is 3.18. The van der Waals surface area contributed by atoms with Crippen molar-refractivity contribution in [1.29, 1.82) is 0 Å². The third-order valence-electron chi connectivity index (χ3n) is 8.83. The fourth-order valence-corrected chi connectivity index (χ4v) is 6.21. The van der Waals surface area contributed by atoms with E-state index in [0.29, 0.717) is 5.56 Å². The molecular weight excluding hydrogens is 735 g/mol. The van der Waals surface area contributed by atoms with Crippen molar-refractivity contribution in [2.24, 2.45) is 5.92 Å². The highest BCUT2D eigenvalue weighted by atomic mass is 16.6. The Morgan fingerprint density at radius 3 is 1.57 bits per heavy atom. The molecule has 310 valence electrons. The molecule has 11 nitrogen and oxygen atoms in total. The Morgan fingerprint density at radius 2 is 1.12 bits per heavy atom. The van der Waals surface area contributed by atoms with Crippen molar-refractivity contribution >= 4 is 24.1 Å². The number of hydrogen-bond acceptors (Lipinski definition) is 8. The van der Waals surface area contributed by atoms with Gasteiger partial charge in [-0.25, -0.2) is 14.4 Å². The summed E-state index contributed by atoms with van der Waals surface area (Å²) >= 11 is 0. The monoisotopic (exact) mass is 793 g/mol. The van der Waals surface area contributed by atoms with Crippen molar-refractivity contribution in [2.45, 2.75) is 97.2 Å². The predicted octanol–water partition coefficient (Wildman–Crippen LogP) is 8.40. The Morgan fingerprint density at radius 1 is 0.638 bits per heavy atom. The number of nitrogens with one attached hydrogen (secondary N) is 2. The lowest BCUT2D eigenvalue weighted by Crippen LogP contribution is -2.56. The van der Waals surface area contributed by atoms with Crippen molar-refractivity contribution in [3.63, 3.8) is 0 Å². The van der Waals surface area contributed by atoms with Crippen molar-refractivity contribution in [3.05, 3.63) is 144 Å². The number of ether oxygens (including phenoxy) is 4. The molecule has 0 saturated heterocycles. The maximum absolute atomic E-state index is 14.8. The van der Waals surface area contributed by atoms with Crippen LogP contribution in [0.2, 0.25) is 0 Å². The van der Waals surface area contributed by atoms with Gasteiger partial charge in [0, 0.05) is 6.54 Å². The Balaban J connectivity index is 1.82. The van der Waals surface area contributed by atoms with E-state index < -0.39 is 59.3 Å². The molecule has 4 aromatic carbocycles. The van der Waals surface area contributed by atoms with Gasteiger partial charge in [-0.2, -0.15) is 0 Å². The molecule has 0 aliphatic heterocycles. The van der Waals surface area contributed by atoms with E-state index in [0.717, 1.165) is 21.6 Å². The Kier molecular flexibility index (Phi) is 16.0. The zero-order chi connectivity index (χ0) is 42.3. The van der Waals surface area contributed by atoms with Gasteiger partial charge >= 0.3 is 18.2 Å². The maximum atomic E-state index is 14.8. The van der Waals surface area contributed by atoms with Crippen LogP contribution in [0.3, 0.4) is 0 Å². The molecule has 11 heteroatoms. The van der Waals surface area contributed by atoms with Crippen LogP contribution in [-0.2, 0) is 40.7 Å². The van der Waals surface area contributed by atoms with Crippen LogP contribution in [0, 0.1) is 5.92 Å². The van der Waals surface area contributed by atoms with Crippen LogP contribution in [0.4, 0.5) is 9.59 Å². The molecule has 0 aromatic heterocycles. The summed E-state index contributed by atoms with van der Waals surface area (Å²) in [5, 5.41) is 6.11.